The predicted octanol–water partition coefficient (Wildman–Crippen LogP) is 25.1. The number of nitrogens with zero attached hydrogens (tertiary/aromatic N) is 5. The van der Waals surface area contributed by atoms with E-state index < -0.39 is 169 Å². The summed E-state index contributed by atoms with van der Waals surface area (Å²) in [4.78, 5) is 5.61. The summed E-state index contributed by atoms with van der Waals surface area (Å²) in [6.07, 6.45) is 0. The second-order valence-electron chi connectivity index (χ2n) is 27.2. The number of anilines is 9. The summed E-state index contributed by atoms with van der Waals surface area (Å²) >= 11 is 0. The fourth-order valence-electron chi connectivity index (χ4n) is 15.6. The third-order valence-corrected chi connectivity index (χ3v) is 20.3. The van der Waals surface area contributed by atoms with Crippen LogP contribution in [0.5, 0.6) is 0 Å². The molecule has 0 fully saturated rings. The van der Waals surface area contributed by atoms with E-state index in [2.05, 4.69) is 42.7 Å². The fourth-order valence-corrected chi connectivity index (χ4v) is 15.6. The van der Waals surface area contributed by atoms with Crippen LogP contribution in [-0.2, 0) is 5.41 Å². The van der Waals surface area contributed by atoms with Gasteiger partial charge in [0, 0.05) is 89.3 Å². The topological polar surface area (TPSA) is 19.6 Å². The van der Waals surface area contributed by atoms with Gasteiger partial charge in [-0.15, -0.1) is 0 Å². The molecule has 0 unspecified atom stereocenters. The average molecular weight is 1380 g/mol. The predicted molar refractivity (Wildman–Crippen MR) is 450 cm³/mol. The monoisotopic (exact) mass is 1380 g/mol. The number of fused-ring (bicyclic) bond motifs is 10. The van der Waals surface area contributed by atoms with Crippen molar-refractivity contribution < 1.29 is 35.6 Å². The van der Waals surface area contributed by atoms with E-state index in [1.165, 1.54) is 26.2 Å². The summed E-state index contributed by atoms with van der Waals surface area (Å²) in [5.41, 5.74) is 9.17. The zero-order valence-corrected chi connectivity index (χ0v) is 57.2. The second kappa shape index (κ2) is 25.2. The molecule has 0 spiro atoms. The van der Waals surface area contributed by atoms with E-state index >= 15 is 0 Å². The lowest BCUT2D eigenvalue weighted by Gasteiger charge is -2.46. The van der Waals surface area contributed by atoms with Gasteiger partial charge in [-0.3, -0.25) is 0 Å². The third kappa shape index (κ3) is 10.2. The van der Waals surface area contributed by atoms with Gasteiger partial charge in [-0.05, 0) is 164 Å². The summed E-state index contributed by atoms with van der Waals surface area (Å²) < 4.78 is 249. The Bertz CT molecular complexity index is 7760. The zero-order chi connectivity index (χ0) is 93.2. The highest BCUT2D eigenvalue weighted by atomic mass is 15.2. The zero-order valence-electron chi connectivity index (χ0n) is 83.2. The van der Waals surface area contributed by atoms with Crippen molar-refractivity contribution in [1.29, 1.82) is 0 Å². The van der Waals surface area contributed by atoms with Crippen molar-refractivity contribution in [1.82, 2.24) is 9.13 Å². The average Bonchev–Trinajstić information content (AvgIpc) is 1.36. The van der Waals surface area contributed by atoms with Gasteiger partial charge in [-0.2, -0.15) is 0 Å². The van der Waals surface area contributed by atoms with Gasteiger partial charge < -0.3 is 23.8 Å². The van der Waals surface area contributed by atoms with Crippen LogP contribution in [-0.4, -0.2) is 15.8 Å². The quantitative estimate of drug-likeness (QED) is 0.114. The van der Waals surface area contributed by atoms with Gasteiger partial charge in [0.15, 0.2) is 0 Å². The van der Waals surface area contributed by atoms with Crippen molar-refractivity contribution in [2.75, 3.05) is 14.7 Å². The molecule has 18 aromatic rings. The van der Waals surface area contributed by atoms with E-state index in [1.807, 2.05) is 170 Å². The first-order valence-electron chi connectivity index (χ1n) is 47.7. The Morgan fingerprint density at radius 3 is 1.16 bits per heavy atom. The Morgan fingerprint density at radius 1 is 0.292 bits per heavy atom. The molecule has 2 aromatic heterocycles. The van der Waals surface area contributed by atoms with E-state index in [0.717, 1.165) is 16.7 Å². The third-order valence-electron chi connectivity index (χ3n) is 20.3. The molecule has 0 saturated heterocycles. The smallest absolute Gasteiger partial charge is 0.252 e. The van der Waals surface area contributed by atoms with Gasteiger partial charge >= 0.3 is 0 Å². The van der Waals surface area contributed by atoms with Crippen molar-refractivity contribution >= 4 is 118 Å². The maximum atomic E-state index is 10.2. The molecule has 2 aliphatic heterocycles. The van der Waals surface area contributed by atoms with E-state index in [9.17, 15) is 27.4 Å². The lowest BCUT2D eigenvalue weighted by atomic mass is 9.33. The van der Waals surface area contributed by atoms with E-state index in [-0.39, 0.29) is 83.2 Å². The largest absolute Gasteiger partial charge is 0.310 e. The van der Waals surface area contributed by atoms with Crippen molar-refractivity contribution in [3.05, 3.63) is 387 Å². The highest BCUT2D eigenvalue weighted by Gasteiger charge is 2.46. The van der Waals surface area contributed by atoms with Crippen LogP contribution >= 0.6 is 0 Å². The van der Waals surface area contributed by atoms with E-state index in [4.69, 9.17) is 8.22 Å². The van der Waals surface area contributed by atoms with Crippen LogP contribution in [0.1, 0.15) is 62.0 Å². The molecule has 0 bridgehead atoms. The van der Waals surface area contributed by atoms with Crippen LogP contribution in [0.2, 0.25) is 0 Å². The summed E-state index contributed by atoms with van der Waals surface area (Å²) in [5.74, 6) is 0. The molecule has 0 atom stereocenters. The normalized spacial score (nSPS) is 15.9. The molecule has 0 amide bonds. The van der Waals surface area contributed by atoms with Crippen LogP contribution in [0.3, 0.4) is 0 Å². The standard InChI is InChI=1S/C100H72BN5/c1-100(2,3)73-62-85(70-37-16-7-17-38-70)99(86(63-73)71-39-18-8-19-40-71)105-93-61-72(67-31-10-4-11-32-67)53-59-87(93)101-88-60-58-77(102(74-41-20-9-21-42-74)75-54-56-76(57-55-75)103-89-49-26-22-43-81(89)82-44-23-27-50-90(82)103)64-94(88)106(98-79(68-33-12-5-13-34-68)47-30-48-80(98)69-35-14-6-15-36-69)96-66-78(65-95(105)97(96)101)104-91-51-28-24-45-83(91)84-46-25-29-52-92(84)104/h4-66H,1-3H3/i4D,9D,10D,11D,20D,21D,22D,23D,24D,25D,26D,27D,28D,29D,31D,32D,41D,42D,43D,44D,45D,46D,49D,50D,51D,52D. The maximum Gasteiger partial charge on any atom is 0.252 e. The van der Waals surface area contributed by atoms with Gasteiger partial charge in [0.25, 0.3) is 6.71 Å². The van der Waals surface area contributed by atoms with Gasteiger partial charge in [-0.1, -0.05) is 299 Å². The van der Waals surface area contributed by atoms with Gasteiger partial charge in [-0.25, -0.2) is 0 Å². The molecule has 0 saturated carbocycles. The van der Waals surface area contributed by atoms with Crippen LogP contribution in [0.25, 0.3) is 111 Å². The molecule has 0 aliphatic carbocycles. The molecule has 500 valence electrons. The Morgan fingerprint density at radius 2 is 0.689 bits per heavy atom. The summed E-state index contributed by atoms with van der Waals surface area (Å²) in [6, 6.07) is 53.1. The second-order valence-corrected chi connectivity index (χ2v) is 27.2. The molecule has 20 rings (SSSR count). The maximum absolute atomic E-state index is 10.2. The van der Waals surface area contributed by atoms with Crippen LogP contribution < -0.4 is 31.1 Å². The summed E-state index contributed by atoms with van der Waals surface area (Å²) in [5, 5.41) is -0.813. The first-order chi connectivity index (χ1) is 63.0. The molecule has 4 heterocycles. The minimum atomic E-state index is -1.04. The van der Waals surface area contributed by atoms with Crippen LogP contribution in [0, 0.1) is 0 Å². The number of rotatable bonds is 12. The molecule has 5 nitrogen and oxygen atoms in total. The Hall–Kier alpha value is -13.4. The number of para-hydroxylation sites is 6. The molecule has 0 radical (unpaired) electrons. The highest BCUT2D eigenvalue weighted by molar-refractivity contribution is 7.00. The molecule has 0 N–H and O–H groups in total. The molecule has 16 aromatic carbocycles. The number of benzene rings is 16. The van der Waals surface area contributed by atoms with Crippen molar-refractivity contribution in [2.24, 2.45) is 0 Å². The first-order valence-corrected chi connectivity index (χ1v) is 34.7. The minimum absolute atomic E-state index is 0.0694. The van der Waals surface area contributed by atoms with Gasteiger partial charge in [0.1, 0.15) is 0 Å². The van der Waals surface area contributed by atoms with Crippen LogP contribution in [0.15, 0.2) is 382 Å². The van der Waals surface area contributed by atoms with Crippen molar-refractivity contribution in [2.45, 2.75) is 26.2 Å². The lowest BCUT2D eigenvalue weighted by molar-refractivity contribution is 0.591. The van der Waals surface area contributed by atoms with Gasteiger partial charge in [0.05, 0.1) is 74.8 Å². The fraction of sp³-hybridized carbons (Fsp3) is 0.0400. The molecule has 106 heavy (non-hydrogen) atoms. The Labute approximate surface area is 655 Å². The van der Waals surface area contributed by atoms with E-state index in [1.54, 1.807) is 30.3 Å². The number of aromatic nitrogens is 2. The molecule has 6 heteroatoms. The highest BCUT2D eigenvalue weighted by Crippen LogP contribution is 2.56. The molecule has 2 aliphatic rings. The number of hydrogen-bond donors (Lipinski definition) is 0. The SMILES string of the molecule is [2H]c1c([2H])c([2H])c(-c2ccc3c(c2)N(c2c(-c4ccccc4)cc(C(C)(C)C)cc2-c2ccccc2)c2cc(-n4c5c([2H])c([2H])c([2H])c([2H])c5c5c([2H])c([2H])c([2H])c([2H])c54)cc4c2B3c2ccc(N(c3ccc(-n5c6c([2H])c([2H])c([2H])c([2H])c6c6c([2H])c([2H])c([2H])c([2H])c65)cc3)c3c([2H])c([2H])c([2H])c([2H])c3[2H])cc2N4c2c(-c3ccccc3)cccc2-c2ccccc2)c([2H])c1[2H]. The molecular weight excluding hydrogens is 1280 g/mol. The van der Waals surface area contributed by atoms with Crippen LogP contribution in [0.4, 0.5) is 51.2 Å². The van der Waals surface area contributed by atoms with Crippen molar-refractivity contribution in [3.63, 3.8) is 0 Å². The van der Waals surface area contributed by atoms with E-state index in [0.29, 0.717) is 83.9 Å². The molecular formula is C100H72BN5. The first kappa shape index (κ1) is 41.0. The Balaban J connectivity index is 0.995. The van der Waals surface area contributed by atoms with Gasteiger partial charge in [0.2, 0.25) is 0 Å². The summed E-state index contributed by atoms with van der Waals surface area (Å²) in [7, 11) is 0. The van der Waals surface area contributed by atoms with Crippen molar-refractivity contribution in [3.8, 4) is 67.0 Å². The Kier molecular flexibility index (Phi) is 9.76. The lowest BCUT2D eigenvalue weighted by Crippen LogP contribution is -2.61. The summed E-state index contributed by atoms with van der Waals surface area (Å²) in [6.45, 7) is 5.29. The minimum Gasteiger partial charge on any atom is -0.310 e. The number of hydrogen-bond acceptors (Lipinski definition) is 3.